The van der Waals surface area contributed by atoms with Crippen LogP contribution in [0.3, 0.4) is 0 Å². The van der Waals surface area contributed by atoms with E-state index in [9.17, 15) is 4.79 Å². The number of methoxy groups -OCH3 is 1. The zero-order chi connectivity index (χ0) is 14.5. The van der Waals surface area contributed by atoms with Gasteiger partial charge < -0.3 is 14.6 Å². The van der Waals surface area contributed by atoms with Crippen LogP contribution in [0.2, 0.25) is 0 Å². The molecule has 0 atom stereocenters. The average molecular weight is 273 g/mol. The molecule has 0 saturated heterocycles. The Morgan fingerprint density at radius 3 is 2.60 bits per heavy atom. The summed E-state index contributed by atoms with van der Waals surface area (Å²) in [5, 5.41) is 0. The number of nitrogens with one attached hydrogen (secondary N) is 1. The molecule has 1 heterocycles. The fourth-order valence-electron chi connectivity index (χ4n) is 2.05. The van der Waals surface area contributed by atoms with Crippen molar-refractivity contribution in [3.63, 3.8) is 0 Å². The van der Waals surface area contributed by atoms with Crippen LogP contribution in [0.5, 0.6) is 5.75 Å². The Labute approximate surface area is 118 Å². The maximum absolute atomic E-state index is 11.8. The molecule has 20 heavy (non-hydrogen) atoms. The molecule has 106 valence electrons. The first-order valence-corrected chi connectivity index (χ1v) is 6.55. The van der Waals surface area contributed by atoms with Crippen molar-refractivity contribution in [3.05, 3.63) is 52.6 Å². The summed E-state index contributed by atoms with van der Waals surface area (Å²) in [6, 6.07) is 10.3. The summed E-state index contributed by atoms with van der Waals surface area (Å²) in [5.41, 5.74) is 0.890. The number of rotatable bonds is 5. The molecule has 0 saturated carbocycles. The molecule has 2 rings (SSSR count). The van der Waals surface area contributed by atoms with Crippen LogP contribution in [0.1, 0.15) is 19.4 Å². The molecule has 0 radical (unpaired) electrons. The fraction of sp³-hybridized carbons (Fsp3) is 0.333. The maximum atomic E-state index is 11.8. The largest absolute Gasteiger partial charge is 0.489 e. The van der Waals surface area contributed by atoms with Crippen molar-refractivity contribution >= 4 is 5.82 Å². The van der Waals surface area contributed by atoms with E-state index in [-0.39, 0.29) is 17.4 Å². The summed E-state index contributed by atoms with van der Waals surface area (Å²) in [6.07, 6.45) is 1.40. The number of anilines is 1. The van der Waals surface area contributed by atoms with Crippen LogP contribution in [0.15, 0.2) is 41.5 Å². The Morgan fingerprint density at radius 1 is 1.30 bits per heavy atom. The number of H-pyrrole nitrogens is 1. The van der Waals surface area contributed by atoms with Gasteiger partial charge in [-0.3, -0.25) is 4.79 Å². The minimum atomic E-state index is -0.267. The molecule has 0 aliphatic carbocycles. The standard InChI is InChI=1S/C15H19N3O2/c1-11(2)18(9-12-7-5-4-6-8-12)14-13(20-3)15(19)17-10-16-14/h4-8,10-11H,9H2,1-3H3,(H,16,17,19). The third-order valence-electron chi connectivity index (χ3n) is 3.09. The van der Waals surface area contributed by atoms with Gasteiger partial charge in [-0.1, -0.05) is 30.3 Å². The van der Waals surface area contributed by atoms with E-state index < -0.39 is 0 Å². The minimum absolute atomic E-state index is 0.193. The number of aromatic nitrogens is 2. The van der Waals surface area contributed by atoms with Crippen LogP contribution in [0.4, 0.5) is 5.82 Å². The molecular formula is C15H19N3O2. The van der Waals surface area contributed by atoms with Gasteiger partial charge in [0.05, 0.1) is 13.4 Å². The van der Waals surface area contributed by atoms with E-state index in [4.69, 9.17) is 4.74 Å². The van der Waals surface area contributed by atoms with E-state index in [0.717, 1.165) is 5.56 Å². The molecule has 0 spiro atoms. The minimum Gasteiger partial charge on any atom is -0.489 e. The smallest absolute Gasteiger partial charge is 0.295 e. The first-order valence-electron chi connectivity index (χ1n) is 6.55. The second-order valence-corrected chi connectivity index (χ2v) is 4.80. The zero-order valence-electron chi connectivity index (χ0n) is 12.0. The number of hydrogen-bond acceptors (Lipinski definition) is 4. The van der Waals surface area contributed by atoms with Gasteiger partial charge in [0.15, 0.2) is 5.82 Å². The van der Waals surface area contributed by atoms with E-state index in [1.165, 1.54) is 13.4 Å². The van der Waals surface area contributed by atoms with Crippen LogP contribution in [-0.2, 0) is 6.54 Å². The summed E-state index contributed by atoms with van der Waals surface area (Å²) in [7, 11) is 1.48. The van der Waals surface area contributed by atoms with E-state index >= 15 is 0 Å². The predicted octanol–water partition coefficient (Wildman–Crippen LogP) is 2.19. The van der Waals surface area contributed by atoms with Gasteiger partial charge in [-0.2, -0.15) is 0 Å². The van der Waals surface area contributed by atoms with Gasteiger partial charge in [0, 0.05) is 12.6 Å². The molecule has 0 fully saturated rings. The Hall–Kier alpha value is -2.30. The summed E-state index contributed by atoms with van der Waals surface area (Å²) in [4.78, 5) is 20.7. The number of ether oxygens (including phenoxy) is 1. The third kappa shape index (κ3) is 2.99. The summed E-state index contributed by atoms with van der Waals surface area (Å²) in [6.45, 7) is 4.79. The molecule has 1 N–H and O–H groups in total. The SMILES string of the molecule is COc1c(N(Cc2ccccc2)C(C)C)nc[nH]c1=O. The topological polar surface area (TPSA) is 58.2 Å². The molecule has 5 nitrogen and oxygen atoms in total. The summed E-state index contributed by atoms with van der Waals surface area (Å²) in [5.74, 6) is 0.812. The Kier molecular flexibility index (Phi) is 4.40. The highest BCUT2D eigenvalue weighted by Crippen LogP contribution is 2.24. The van der Waals surface area contributed by atoms with Gasteiger partial charge in [0.2, 0.25) is 5.75 Å². The number of hydrogen-bond donors (Lipinski definition) is 1. The molecule has 0 unspecified atom stereocenters. The van der Waals surface area contributed by atoms with Gasteiger partial charge in [-0.15, -0.1) is 0 Å². The lowest BCUT2D eigenvalue weighted by Gasteiger charge is -2.28. The number of aromatic amines is 1. The van der Waals surface area contributed by atoms with Crippen molar-refractivity contribution in [2.75, 3.05) is 12.0 Å². The number of benzene rings is 1. The van der Waals surface area contributed by atoms with Crippen molar-refractivity contribution in [2.45, 2.75) is 26.4 Å². The van der Waals surface area contributed by atoms with Gasteiger partial charge in [-0.05, 0) is 19.4 Å². The van der Waals surface area contributed by atoms with Gasteiger partial charge in [0.25, 0.3) is 5.56 Å². The molecule has 1 aromatic heterocycles. The molecule has 5 heteroatoms. The molecule has 0 bridgehead atoms. The molecule has 0 amide bonds. The van der Waals surface area contributed by atoms with E-state index in [1.807, 2.05) is 23.1 Å². The second-order valence-electron chi connectivity index (χ2n) is 4.80. The Balaban J connectivity index is 2.39. The first-order chi connectivity index (χ1) is 9.63. The van der Waals surface area contributed by atoms with E-state index in [2.05, 4.69) is 35.9 Å². The van der Waals surface area contributed by atoms with Crippen LogP contribution < -0.4 is 15.2 Å². The lowest BCUT2D eigenvalue weighted by molar-refractivity contribution is 0.404. The van der Waals surface area contributed by atoms with Crippen molar-refractivity contribution in [3.8, 4) is 5.75 Å². The Bertz CT molecular complexity index is 608. The maximum Gasteiger partial charge on any atom is 0.295 e. The van der Waals surface area contributed by atoms with Crippen molar-refractivity contribution in [2.24, 2.45) is 0 Å². The van der Waals surface area contributed by atoms with Crippen molar-refractivity contribution < 1.29 is 4.74 Å². The third-order valence-corrected chi connectivity index (χ3v) is 3.09. The van der Waals surface area contributed by atoms with Crippen LogP contribution in [0.25, 0.3) is 0 Å². The Morgan fingerprint density at radius 2 is 2.00 bits per heavy atom. The van der Waals surface area contributed by atoms with Crippen LogP contribution in [0, 0.1) is 0 Å². The lowest BCUT2D eigenvalue weighted by atomic mass is 10.2. The normalized spacial score (nSPS) is 10.6. The monoisotopic (exact) mass is 273 g/mol. The van der Waals surface area contributed by atoms with Gasteiger partial charge >= 0.3 is 0 Å². The number of nitrogens with zero attached hydrogens (tertiary/aromatic N) is 2. The average Bonchev–Trinajstić information content (AvgIpc) is 2.45. The van der Waals surface area contributed by atoms with Crippen molar-refractivity contribution in [1.29, 1.82) is 0 Å². The quantitative estimate of drug-likeness (QED) is 0.907. The highest BCUT2D eigenvalue weighted by Gasteiger charge is 2.19. The summed E-state index contributed by atoms with van der Waals surface area (Å²) < 4.78 is 5.20. The van der Waals surface area contributed by atoms with E-state index in [0.29, 0.717) is 12.4 Å². The second kappa shape index (κ2) is 6.23. The molecular weight excluding hydrogens is 254 g/mol. The molecule has 0 aliphatic heterocycles. The van der Waals surface area contributed by atoms with Gasteiger partial charge in [-0.25, -0.2) is 4.98 Å². The highest BCUT2D eigenvalue weighted by atomic mass is 16.5. The van der Waals surface area contributed by atoms with E-state index in [1.54, 1.807) is 0 Å². The highest BCUT2D eigenvalue weighted by molar-refractivity contribution is 5.51. The fourth-order valence-corrected chi connectivity index (χ4v) is 2.05. The van der Waals surface area contributed by atoms with Crippen molar-refractivity contribution in [1.82, 2.24) is 9.97 Å². The van der Waals surface area contributed by atoms with Crippen LogP contribution >= 0.6 is 0 Å². The molecule has 2 aromatic rings. The predicted molar refractivity (Wildman–Crippen MR) is 79.2 cm³/mol. The first kappa shape index (κ1) is 14.1. The summed E-state index contributed by atoms with van der Waals surface area (Å²) >= 11 is 0. The molecule has 0 aliphatic rings. The molecule has 1 aromatic carbocycles. The van der Waals surface area contributed by atoms with Crippen LogP contribution in [-0.4, -0.2) is 23.1 Å². The zero-order valence-corrected chi connectivity index (χ0v) is 12.0. The van der Waals surface area contributed by atoms with Gasteiger partial charge in [0.1, 0.15) is 0 Å². The lowest BCUT2D eigenvalue weighted by Crippen LogP contribution is -2.32.